The van der Waals surface area contributed by atoms with Crippen molar-refractivity contribution in [2.24, 2.45) is 5.73 Å². The molecule has 0 saturated heterocycles. The van der Waals surface area contributed by atoms with Crippen LogP contribution in [0.15, 0.2) is 29.2 Å². The number of hydrogen-bond acceptors (Lipinski definition) is 4. The summed E-state index contributed by atoms with van der Waals surface area (Å²) in [6.07, 6.45) is 0. The standard InChI is InChI=1S/C13H14F2N2O2S2/c1-8-13(5-11(6-16)20-8)21(18,19)17-7-9-2-3-10(14)4-12(9)15/h2-5,17H,6-7,16H2,1H3. The maximum absolute atomic E-state index is 13.5. The first kappa shape index (κ1) is 16.0. The highest BCUT2D eigenvalue weighted by atomic mass is 32.2. The summed E-state index contributed by atoms with van der Waals surface area (Å²) in [5.41, 5.74) is 5.56. The third kappa shape index (κ3) is 3.65. The Balaban J connectivity index is 2.19. The molecule has 0 spiro atoms. The van der Waals surface area contributed by atoms with Crippen molar-refractivity contribution in [3.8, 4) is 0 Å². The third-order valence-electron chi connectivity index (χ3n) is 2.88. The Morgan fingerprint density at radius 3 is 2.57 bits per heavy atom. The fraction of sp³-hybridized carbons (Fsp3) is 0.231. The first-order valence-corrected chi connectivity index (χ1v) is 8.36. The molecule has 2 aromatic rings. The summed E-state index contributed by atoms with van der Waals surface area (Å²) in [6.45, 7) is 1.69. The van der Waals surface area contributed by atoms with E-state index in [-0.39, 0.29) is 23.5 Å². The van der Waals surface area contributed by atoms with Gasteiger partial charge in [0.25, 0.3) is 0 Å². The van der Waals surface area contributed by atoms with Crippen LogP contribution in [0.3, 0.4) is 0 Å². The second-order valence-electron chi connectivity index (χ2n) is 4.40. The summed E-state index contributed by atoms with van der Waals surface area (Å²) in [4.78, 5) is 1.50. The van der Waals surface area contributed by atoms with Gasteiger partial charge in [-0.1, -0.05) is 6.07 Å². The van der Waals surface area contributed by atoms with Crippen LogP contribution in [0.25, 0.3) is 0 Å². The molecule has 21 heavy (non-hydrogen) atoms. The second-order valence-corrected chi connectivity index (χ2v) is 7.47. The molecule has 1 aromatic carbocycles. The van der Waals surface area contributed by atoms with Crippen molar-refractivity contribution in [2.75, 3.05) is 0 Å². The van der Waals surface area contributed by atoms with Crippen LogP contribution in [0, 0.1) is 18.6 Å². The quantitative estimate of drug-likeness (QED) is 0.882. The molecule has 0 aliphatic carbocycles. The fourth-order valence-corrected chi connectivity index (χ4v) is 4.33. The Morgan fingerprint density at radius 2 is 2.00 bits per heavy atom. The lowest BCUT2D eigenvalue weighted by Gasteiger charge is -2.07. The normalized spacial score (nSPS) is 11.8. The number of nitrogens with two attached hydrogens (primary N) is 1. The first-order valence-electron chi connectivity index (χ1n) is 6.06. The van der Waals surface area contributed by atoms with Crippen LogP contribution >= 0.6 is 11.3 Å². The molecule has 114 valence electrons. The summed E-state index contributed by atoms with van der Waals surface area (Å²) in [7, 11) is -3.76. The topological polar surface area (TPSA) is 72.2 Å². The van der Waals surface area contributed by atoms with E-state index in [1.807, 2.05) is 0 Å². The van der Waals surface area contributed by atoms with Crippen molar-refractivity contribution in [3.63, 3.8) is 0 Å². The zero-order valence-corrected chi connectivity index (χ0v) is 12.8. The number of hydrogen-bond donors (Lipinski definition) is 2. The van der Waals surface area contributed by atoms with Crippen molar-refractivity contribution in [1.82, 2.24) is 4.72 Å². The molecule has 0 unspecified atom stereocenters. The molecule has 0 amide bonds. The molecule has 1 aromatic heterocycles. The maximum Gasteiger partial charge on any atom is 0.241 e. The van der Waals surface area contributed by atoms with Gasteiger partial charge in [-0.15, -0.1) is 11.3 Å². The number of thiophene rings is 1. The number of nitrogens with one attached hydrogen (secondary N) is 1. The Labute approximate surface area is 125 Å². The van der Waals surface area contributed by atoms with E-state index in [0.29, 0.717) is 10.9 Å². The van der Waals surface area contributed by atoms with E-state index in [2.05, 4.69) is 4.72 Å². The van der Waals surface area contributed by atoms with Gasteiger partial charge in [-0.2, -0.15) is 0 Å². The van der Waals surface area contributed by atoms with Crippen LogP contribution in [0.4, 0.5) is 8.78 Å². The van der Waals surface area contributed by atoms with Gasteiger partial charge >= 0.3 is 0 Å². The minimum Gasteiger partial charge on any atom is -0.326 e. The Kier molecular flexibility index (Phi) is 4.72. The lowest BCUT2D eigenvalue weighted by Crippen LogP contribution is -2.24. The van der Waals surface area contributed by atoms with Gasteiger partial charge in [0.2, 0.25) is 10.0 Å². The molecule has 0 saturated carbocycles. The Bertz CT molecular complexity index is 758. The van der Waals surface area contributed by atoms with Crippen LogP contribution in [0.1, 0.15) is 15.3 Å². The van der Waals surface area contributed by atoms with Crippen molar-refractivity contribution < 1.29 is 17.2 Å². The van der Waals surface area contributed by atoms with E-state index >= 15 is 0 Å². The van der Waals surface area contributed by atoms with Crippen molar-refractivity contribution >= 4 is 21.4 Å². The van der Waals surface area contributed by atoms with E-state index in [1.54, 1.807) is 6.92 Å². The molecule has 3 N–H and O–H groups in total. The van der Waals surface area contributed by atoms with Crippen LogP contribution in [0.5, 0.6) is 0 Å². The van der Waals surface area contributed by atoms with Gasteiger partial charge in [0, 0.05) is 34.5 Å². The molecular formula is C13H14F2N2O2S2. The average Bonchev–Trinajstić information content (AvgIpc) is 2.80. The average molecular weight is 332 g/mol. The SMILES string of the molecule is Cc1sc(CN)cc1S(=O)(=O)NCc1ccc(F)cc1F. The molecule has 0 radical (unpaired) electrons. The number of rotatable bonds is 5. The van der Waals surface area contributed by atoms with Crippen LogP contribution in [0.2, 0.25) is 0 Å². The van der Waals surface area contributed by atoms with Crippen molar-refractivity contribution in [2.45, 2.75) is 24.9 Å². The summed E-state index contributed by atoms with van der Waals surface area (Å²) >= 11 is 1.30. The van der Waals surface area contributed by atoms with Gasteiger partial charge in [0.05, 0.1) is 4.90 Å². The highest BCUT2D eigenvalue weighted by Gasteiger charge is 2.20. The van der Waals surface area contributed by atoms with E-state index in [0.717, 1.165) is 10.9 Å². The zero-order valence-electron chi connectivity index (χ0n) is 11.2. The lowest BCUT2D eigenvalue weighted by atomic mass is 10.2. The summed E-state index contributed by atoms with van der Waals surface area (Å²) in [6, 6.07) is 4.50. The van der Waals surface area contributed by atoms with E-state index in [9.17, 15) is 17.2 Å². The molecule has 0 atom stereocenters. The summed E-state index contributed by atoms with van der Waals surface area (Å²) in [5.74, 6) is -1.50. The van der Waals surface area contributed by atoms with Gasteiger partial charge in [0.15, 0.2) is 0 Å². The van der Waals surface area contributed by atoms with Crippen LogP contribution in [-0.2, 0) is 23.1 Å². The van der Waals surface area contributed by atoms with Gasteiger partial charge in [0.1, 0.15) is 11.6 Å². The summed E-state index contributed by atoms with van der Waals surface area (Å²) < 4.78 is 53.0. The van der Waals surface area contributed by atoms with E-state index in [1.165, 1.54) is 23.5 Å². The molecule has 0 fully saturated rings. The third-order valence-corrected chi connectivity index (χ3v) is 5.61. The minimum atomic E-state index is -3.76. The lowest BCUT2D eigenvalue weighted by molar-refractivity contribution is 0.562. The van der Waals surface area contributed by atoms with Gasteiger partial charge in [-0.25, -0.2) is 21.9 Å². The minimum absolute atomic E-state index is 0.0758. The molecule has 1 heterocycles. The molecule has 2 rings (SSSR count). The maximum atomic E-state index is 13.5. The van der Waals surface area contributed by atoms with Gasteiger partial charge < -0.3 is 5.73 Å². The van der Waals surface area contributed by atoms with Gasteiger partial charge in [-0.3, -0.25) is 0 Å². The monoisotopic (exact) mass is 332 g/mol. The number of aryl methyl sites for hydroxylation is 1. The van der Waals surface area contributed by atoms with Gasteiger partial charge in [-0.05, 0) is 19.1 Å². The van der Waals surface area contributed by atoms with Crippen LogP contribution in [-0.4, -0.2) is 8.42 Å². The van der Waals surface area contributed by atoms with Crippen molar-refractivity contribution in [1.29, 1.82) is 0 Å². The molecule has 0 bridgehead atoms. The van der Waals surface area contributed by atoms with E-state index < -0.39 is 21.7 Å². The predicted molar refractivity (Wildman–Crippen MR) is 77.3 cm³/mol. The van der Waals surface area contributed by atoms with Crippen molar-refractivity contribution in [3.05, 3.63) is 51.2 Å². The molecule has 4 nitrogen and oxygen atoms in total. The fourth-order valence-electron chi connectivity index (χ4n) is 1.81. The molecule has 0 aliphatic heterocycles. The Morgan fingerprint density at radius 1 is 1.29 bits per heavy atom. The predicted octanol–water partition coefficient (Wildman–Crippen LogP) is 2.27. The highest BCUT2D eigenvalue weighted by Crippen LogP contribution is 2.25. The summed E-state index contributed by atoms with van der Waals surface area (Å²) in [5, 5.41) is 0. The largest absolute Gasteiger partial charge is 0.326 e. The number of halogens is 2. The molecule has 0 aliphatic rings. The second kappa shape index (κ2) is 6.18. The van der Waals surface area contributed by atoms with E-state index in [4.69, 9.17) is 5.73 Å². The first-order chi connectivity index (χ1) is 9.83. The highest BCUT2D eigenvalue weighted by molar-refractivity contribution is 7.89. The molecular weight excluding hydrogens is 318 g/mol. The Hall–Kier alpha value is -1.35. The molecule has 8 heteroatoms. The van der Waals surface area contributed by atoms with Crippen LogP contribution < -0.4 is 10.5 Å². The zero-order chi connectivity index (χ0) is 15.6. The number of benzene rings is 1. The smallest absolute Gasteiger partial charge is 0.241 e. The number of sulfonamides is 1.